The van der Waals surface area contributed by atoms with Gasteiger partial charge < -0.3 is 25.2 Å². The van der Waals surface area contributed by atoms with E-state index in [1.54, 1.807) is 12.1 Å². The fraction of sp³-hybridized carbons (Fsp3) is 0.559. The number of amides is 2. The first-order chi connectivity index (χ1) is 20.7. The van der Waals surface area contributed by atoms with E-state index in [0.717, 1.165) is 56.2 Å². The number of hydrogen-bond acceptors (Lipinski definition) is 6. The van der Waals surface area contributed by atoms with Crippen molar-refractivity contribution in [3.63, 3.8) is 0 Å². The van der Waals surface area contributed by atoms with Gasteiger partial charge in [-0.25, -0.2) is 4.79 Å². The molecule has 0 unspecified atom stereocenters. The van der Waals surface area contributed by atoms with E-state index >= 15 is 0 Å². The van der Waals surface area contributed by atoms with E-state index in [0.29, 0.717) is 44.0 Å². The number of aromatic carboxylic acids is 1. The van der Waals surface area contributed by atoms with Gasteiger partial charge in [0.25, 0.3) is 0 Å². The number of aliphatic hydroxyl groups is 1. The van der Waals surface area contributed by atoms with Crippen LogP contribution in [0.2, 0.25) is 0 Å². The van der Waals surface area contributed by atoms with Gasteiger partial charge >= 0.3 is 5.97 Å². The lowest BCUT2D eigenvalue weighted by Gasteiger charge is -2.52. The summed E-state index contributed by atoms with van der Waals surface area (Å²) in [5.74, 6) is 0.135. The van der Waals surface area contributed by atoms with E-state index in [-0.39, 0.29) is 35.7 Å². The Bertz CT molecular complexity index is 1300. The van der Waals surface area contributed by atoms with Gasteiger partial charge in [-0.3, -0.25) is 14.5 Å². The number of carbonyl (C=O) groups is 3. The molecule has 2 aromatic carbocycles. The van der Waals surface area contributed by atoms with Crippen molar-refractivity contribution in [2.75, 3.05) is 19.6 Å². The fourth-order valence-corrected chi connectivity index (χ4v) is 6.98. The number of likely N-dealkylation sites (tertiary alicyclic amines) is 1. The van der Waals surface area contributed by atoms with Gasteiger partial charge in [-0.1, -0.05) is 44.7 Å². The molecule has 2 amide bonds. The summed E-state index contributed by atoms with van der Waals surface area (Å²) in [7, 11) is 0. The monoisotopic (exact) mass is 627 g/mol. The minimum atomic E-state index is -0.968. The Morgan fingerprint density at radius 3 is 2.36 bits per heavy atom. The number of piperidine rings is 1. The van der Waals surface area contributed by atoms with Gasteiger partial charge in [-0.15, -0.1) is 12.4 Å². The number of halogens is 1. The predicted molar refractivity (Wildman–Crippen MR) is 170 cm³/mol. The van der Waals surface area contributed by atoms with Gasteiger partial charge in [0.1, 0.15) is 23.1 Å². The van der Waals surface area contributed by atoms with E-state index in [1.165, 1.54) is 12.5 Å². The molecular formula is C34H46ClN3O6. The van der Waals surface area contributed by atoms with Crippen molar-refractivity contribution in [1.82, 2.24) is 15.1 Å². The number of benzene rings is 2. The SMILES string of the molecule is CCCCN1C(=O)[C@@H]([C@H](O)C2CCCCC2)NC(=O)C12CCN(Cc1ccc(Oc3ccc(C(=O)O)cc3C)cc1)CC2.Cl. The summed E-state index contributed by atoms with van der Waals surface area (Å²) in [5, 5.41) is 23.3. The van der Waals surface area contributed by atoms with Gasteiger partial charge in [0.15, 0.2) is 0 Å². The molecule has 1 saturated carbocycles. The molecule has 2 atom stereocenters. The lowest BCUT2D eigenvalue weighted by Crippen LogP contribution is -2.75. The second kappa shape index (κ2) is 14.8. The van der Waals surface area contributed by atoms with Crippen LogP contribution in [0.25, 0.3) is 0 Å². The Hall–Kier alpha value is -3.14. The maximum atomic E-state index is 13.8. The lowest BCUT2D eigenvalue weighted by molar-refractivity contribution is -0.166. The molecule has 3 fully saturated rings. The van der Waals surface area contributed by atoms with Gasteiger partial charge in [0, 0.05) is 26.2 Å². The minimum Gasteiger partial charge on any atom is -0.478 e. The molecular weight excluding hydrogens is 582 g/mol. The number of ether oxygens (including phenoxy) is 1. The second-order valence-corrected chi connectivity index (χ2v) is 12.5. The number of rotatable bonds is 10. The Kier molecular flexibility index (Phi) is 11.3. The molecule has 2 heterocycles. The number of carbonyl (C=O) groups excluding carboxylic acids is 2. The van der Waals surface area contributed by atoms with Crippen LogP contribution < -0.4 is 10.1 Å². The number of carboxylic acids is 1. The molecule has 44 heavy (non-hydrogen) atoms. The Morgan fingerprint density at radius 1 is 1.07 bits per heavy atom. The van der Waals surface area contributed by atoms with Crippen LogP contribution in [-0.4, -0.2) is 75.1 Å². The summed E-state index contributed by atoms with van der Waals surface area (Å²) in [4.78, 5) is 42.9. The molecule has 1 spiro atoms. The number of nitrogens with one attached hydrogen (secondary N) is 1. The van der Waals surface area contributed by atoms with Gasteiger partial charge in [-0.05, 0) is 86.4 Å². The summed E-state index contributed by atoms with van der Waals surface area (Å²) < 4.78 is 5.99. The van der Waals surface area contributed by atoms with E-state index < -0.39 is 23.7 Å². The predicted octanol–water partition coefficient (Wildman–Crippen LogP) is 5.31. The van der Waals surface area contributed by atoms with Crippen LogP contribution >= 0.6 is 12.4 Å². The average Bonchev–Trinajstić information content (AvgIpc) is 3.02. The molecule has 240 valence electrons. The Morgan fingerprint density at radius 2 is 1.75 bits per heavy atom. The third kappa shape index (κ3) is 7.22. The van der Waals surface area contributed by atoms with Crippen LogP contribution in [0.4, 0.5) is 0 Å². The number of carboxylic acid groups (broad SMARTS) is 1. The number of unbranched alkanes of at least 4 members (excludes halogenated alkanes) is 1. The zero-order valence-corrected chi connectivity index (χ0v) is 26.6. The standard InChI is InChI=1S/C34H45N3O6.ClH/c1-3-4-18-37-31(39)29(30(38)25-8-6-5-7-9-25)35-33(42)34(37)16-19-36(20-17-34)22-24-10-13-27(14-11-24)43-28-15-12-26(32(40)41)21-23(28)2;/h10-15,21,25,29-30,38H,3-9,16-20,22H2,1-2H3,(H,35,42)(H,40,41);1H/t29-,30-;/m1./s1. The molecule has 5 rings (SSSR count). The number of piperazine rings is 1. The molecule has 2 aromatic rings. The summed E-state index contributed by atoms with van der Waals surface area (Å²) in [6.07, 6.45) is 7.15. The molecule has 1 aliphatic carbocycles. The first kappa shape index (κ1) is 33.7. The maximum Gasteiger partial charge on any atom is 0.335 e. The van der Waals surface area contributed by atoms with Gasteiger partial charge in [0.2, 0.25) is 11.8 Å². The summed E-state index contributed by atoms with van der Waals surface area (Å²) in [6.45, 7) is 6.54. The summed E-state index contributed by atoms with van der Waals surface area (Å²) in [6, 6.07) is 11.8. The summed E-state index contributed by atoms with van der Waals surface area (Å²) in [5.41, 5.74) is 1.23. The van der Waals surface area contributed by atoms with Crippen molar-refractivity contribution in [3.05, 3.63) is 59.2 Å². The highest BCUT2D eigenvalue weighted by Crippen LogP contribution is 2.36. The van der Waals surface area contributed by atoms with Crippen LogP contribution in [-0.2, 0) is 16.1 Å². The van der Waals surface area contributed by atoms with Gasteiger partial charge in [0.05, 0.1) is 11.7 Å². The Balaban J connectivity index is 0.00000442. The number of hydrogen-bond donors (Lipinski definition) is 3. The first-order valence-corrected chi connectivity index (χ1v) is 15.9. The largest absolute Gasteiger partial charge is 0.478 e. The van der Waals surface area contributed by atoms with Crippen LogP contribution in [0, 0.1) is 12.8 Å². The number of nitrogens with zero attached hydrogens (tertiary/aromatic N) is 2. The highest BCUT2D eigenvalue weighted by Gasteiger charge is 2.55. The van der Waals surface area contributed by atoms with E-state index in [9.17, 15) is 24.6 Å². The normalized spacial score (nSPS) is 21.4. The van der Waals surface area contributed by atoms with Crippen molar-refractivity contribution in [2.45, 2.75) is 95.9 Å². The van der Waals surface area contributed by atoms with Crippen LogP contribution in [0.5, 0.6) is 11.5 Å². The van der Waals surface area contributed by atoms with Crippen molar-refractivity contribution < 1.29 is 29.3 Å². The van der Waals surface area contributed by atoms with Crippen LogP contribution in [0.15, 0.2) is 42.5 Å². The lowest BCUT2D eigenvalue weighted by atomic mass is 9.78. The van der Waals surface area contributed by atoms with Crippen molar-refractivity contribution >= 4 is 30.2 Å². The third-order valence-corrected chi connectivity index (χ3v) is 9.63. The van der Waals surface area contributed by atoms with E-state index in [2.05, 4.69) is 17.1 Å². The molecule has 3 N–H and O–H groups in total. The highest BCUT2D eigenvalue weighted by atomic mass is 35.5. The van der Waals surface area contributed by atoms with E-state index in [1.807, 2.05) is 36.1 Å². The van der Waals surface area contributed by atoms with E-state index in [4.69, 9.17) is 4.74 Å². The van der Waals surface area contributed by atoms with Crippen molar-refractivity contribution in [3.8, 4) is 11.5 Å². The topological polar surface area (TPSA) is 119 Å². The molecule has 9 nitrogen and oxygen atoms in total. The summed E-state index contributed by atoms with van der Waals surface area (Å²) >= 11 is 0. The quantitative estimate of drug-likeness (QED) is 0.327. The van der Waals surface area contributed by atoms with Crippen molar-refractivity contribution in [1.29, 1.82) is 0 Å². The Labute approximate surface area is 266 Å². The molecule has 2 saturated heterocycles. The zero-order valence-electron chi connectivity index (χ0n) is 25.8. The number of aliphatic hydroxyl groups excluding tert-OH is 1. The van der Waals surface area contributed by atoms with Crippen LogP contribution in [0.3, 0.4) is 0 Å². The molecule has 2 aliphatic heterocycles. The molecule has 10 heteroatoms. The zero-order chi connectivity index (χ0) is 30.6. The minimum absolute atomic E-state index is 0. The molecule has 0 aromatic heterocycles. The molecule has 0 radical (unpaired) electrons. The average molecular weight is 628 g/mol. The van der Waals surface area contributed by atoms with Gasteiger partial charge in [-0.2, -0.15) is 0 Å². The van der Waals surface area contributed by atoms with Crippen molar-refractivity contribution in [2.24, 2.45) is 5.92 Å². The van der Waals surface area contributed by atoms with Crippen LogP contribution in [0.1, 0.15) is 86.2 Å². The fourth-order valence-electron chi connectivity index (χ4n) is 6.98. The smallest absolute Gasteiger partial charge is 0.335 e. The first-order valence-electron chi connectivity index (χ1n) is 15.9. The maximum absolute atomic E-state index is 13.8. The third-order valence-electron chi connectivity index (χ3n) is 9.63. The molecule has 0 bridgehead atoms. The molecule has 3 aliphatic rings. The number of aryl methyl sites for hydroxylation is 1. The second-order valence-electron chi connectivity index (χ2n) is 12.5. The highest BCUT2D eigenvalue weighted by molar-refractivity contribution is 6.00.